The van der Waals surface area contributed by atoms with Crippen LogP contribution in [0.2, 0.25) is 0 Å². The number of aliphatic hydroxyl groups is 1. The highest BCUT2D eigenvalue weighted by Crippen LogP contribution is 2.20. The van der Waals surface area contributed by atoms with Crippen LogP contribution in [-0.4, -0.2) is 38.3 Å². The summed E-state index contributed by atoms with van der Waals surface area (Å²) in [6.45, 7) is 5.09. The van der Waals surface area contributed by atoms with E-state index < -0.39 is 11.4 Å². The van der Waals surface area contributed by atoms with Crippen LogP contribution in [0.3, 0.4) is 0 Å². The molecule has 0 saturated heterocycles. The van der Waals surface area contributed by atoms with Gasteiger partial charge in [0.2, 0.25) is 0 Å². The highest BCUT2D eigenvalue weighted by atomic mass is 32.2. The molecular formula is C13H17N3O3S2. The lowest BCUT2D eigenvalue weighted by molar-refractivity contribution is 0.0864. The summed E-state index contributed by atoms with van der Waals surface area (Å²) in [6.07, 6.45) is 1.60. The van der Waals surface area contributed by atoms with Gasteiger partial charge in [0.1, 0.15) is 10.6 Å². The molecule has 0 aliphatic rings. The van der Waals surface area contributed by atoms with E-state index in [0.717, 1.165) is 0 Å². The first-order valence-electron chi connectivity index (χ1n) is 6.45. The van der Waals surface area contributed by atoms with E-state index in [1.54, 1.807) is 25.4 Å². The Balaban J connectivity index is 2.55. The van der Waals surface area contributed by atoms with E-state index in [2.05, 4.69) is 10.3 Å². The van der Waals surface area contributed by atoms with Crippen molar-refractivity contribution in [2.24, 2.45) is 0 Å². The second-order valence-electron chi connectivity index (χ2n) is 5.08. The topological polar surface area (TPSA) is 83.7 Å². The number of hydrogen-bond acceptors (Lipinski definition) is 6. The Kier molecular flexibility index (Phi) is 4.70. The third kappa shape index (κ3) is 3.28. The summed E-state index contributed by atoms with van der Waals surface area (Å²) in [5.74, 6) is 0.195. The number of carbonyl (C=O) groups is 1. The fourth-order valence-electron chi connectivity index (χ4n) is 1.71. The van der Waals surface area contributed by atoms with Gasteiger partial charge in [0.25, 0.3) is 11.5 Å². The predicted octanol–water partition coefficient (Wildman–Crippen LogP) is 1.37. The van der Waals surface area contributed by atoms with Gasteiger partial charge in [-0.05, 0) is 19.6 Å². The van der Waals surface area contributed by atoms with Crippen molar-refractivity contribution in [1.29, 1.82) is 0 Å². The number of carbonyl (C=O) groups excluding carboxylic acids is 1. The normalized spacial score (nSPS) is 11.8. The van der Waals surface area contributed by atoms with Gasteiger partial charge >= 0.3 is 0 Å². The summed E-state index contributed by atoms with van der Waals surface area (Å²) in [5.41, 5.74) is -1.16. The van der Waals surface area contributed by atoms with Gasteiger partial charge in [-0.15, -0.1) is 23.1 Å². The van der Waals surface area contributed by atoms with Crippen LogP contribution in [-0.2, 0) is 0 Å². The molecule has 6 nitrogen and oxygen atoms in total. The Bertz CT molecular complexity index is 721. The molecule has 2 N–H and O–H groups in total. The Morgan fingerprint density at radius 1 is 1.57 bits per heavy atom. The van der Waals surface area contributed by atoms with Crippen molar-refractivity contribution in [3.05, 3.63) is 27.5 Å². The smallest absolute Gasteiger partial charge is 0.272 e. The van der Waals surface area contributed by atoms with Gasteiger partial charge in [-0.1, -0.05) is 6.92 Å². The van der Waals surface area contributed by atoms with Gasteiger partial charge in [0.05, 0.1) is 12.1 Å². The van der Waals surface area contributed by atoms with Crippen LogP contribution in [0.15, 0.2) is 21.4 Å². The maximum Gasteiger partial charge on any atom is 0.272 e. The Hall–Kier alpha value is -1.38. The van der Waals surface area contributed by atoms with Gasteiger partial charge in [-0.2, -0.15) is 0 Å². The van der Waals surface area contributed by atoms with Crippen molar-refractivity contribution in [2.75, 3.05) is 12.4 Å². The largest absolute Gasteiger partial charge is 0.394 e. The van der Waals surface area contributed by atoms with Gasteiger partial charge in [0.15, 0.2) is 4.96 Å². The minimum Gasteiger partial charge on any atom is -0.394 e. The fraction of sp³-hybridized carbons (Fsp3) is 0.462. The zero-order valence-corrected chi connectivity index (χ0v) is 13.7. The molecule has 2 aromatic rings. The average Bonchev–Trinajstić information content (AvgIpc) is 2.87. The van der Waals surface area contributed by atoms with Crippen molar-refractivity contribution >= 4 is 34.0 Å². The van der Waals surface area contributed by atoms with E-state index in [0.29, 0.717) is 15.7 Å². The molecule has 0 aromatic carbocycles. The molecule has 114 valence electrons. The van der Waals surface area contributed by atoms with Gasteiger partial charge in [0, 0.05) is 11.6 Å². The first-order chi connectivity index (χ1) is 9.89. The van der Waals surface area contributed by atoms with Crippen LogP contribution in [0.4, 0.5) is 0 Å². The summed E-state index contributed by atoms with van der Waals surface area (Å²) < 4.78 is 1.37. The summed E-state index contributed by atoms with van der Waals surface area (Å²) in [5, 5.41) is 14.1. The van der Waals surface area contributed by atoms with E-state index in [4.69, 9.17) is 0 Å². The van der Waals surface area contributed by atoms with Crippen molar-refractivity contribution in [3.8, 4) is 0 Å². The zero-order chi connectivity index (χ0) is 15.6. The third-order valence-corrected chi connectivity index (χ3v) is 4.40. The molecule has 0 radical (unpaired) electrons. The molecule has 21 heavy (non-hydrogen) atoms. The van der Waals surface area contributed by atoms with Crippen LogP contribution in [0.1, 0.15) is 31.1 Å². The number of aliphatic hydroxyl groups excluding tert-OH is 1. The molecule has 2 heterocycles. The molecule has 0 aliphatic heterocycles. The molecule has 0 atom stereocenters. The Morgan fingerprint density at radius 3 is 2.90 bits per heavy atom. The number of hydrogen-bond donors (Lipinski definition) is 2. The summed E-state index contributed by atoms with van der Waals surface area (Å²) in [7, 11) is 0. The maximum atomic E-state index is 12.5. The molecule has 8 heteroatoms. The molecule has 0 unspecified atom stereocenters. The fourth-order valence-corrected chi connectivity index (χ4v) is 3.22. The molecule has 2 rings (SSSR count). The number of thiazole rings is 1. The highest BCUT2D eigenvalue weighted by Gasteiger charge is 2.26. The summed E-state index contributed by atoms with van der Waals surface area (Å²) >= 11 is 2.70. The molecule has 0 fully saturated rings. The van der Waals surface area contributed by atoms with E-state index in [1.807, 2.05) is 6.92 Å². The van der Waals surface area contributed by atoms with Crippen LogP contribution in [0.5, 0.6) is 0 Å². The van der Waals surface area contributed by atoms with E-state index >= 15 is 0 Å². The van der Waals surface area contributed by atoms with Crippen molar-refractivity contribution in [1.82, 2.24) is 14.7 Å². The number of rotatable bonds is 5. The van der Waals surface area contributed by atoms with Crippen molar-refractivity contribution in [2.45, 2.75) is 31.3 Å². The second-order valence-corrected chi connectivity index (χ2v) is 7.21. The van der Waals surface area contributed by atoms with Crippen LogP contribution in [0.25, 0.3) is 4.96 Å². The quantitative estimate of drug-likeness (QED) is 0.640. The number of nitrogens with zero attached hydrogens (tertiary/aromatic N) is 2. The van der Waals surface area contributed by atoms with Crippen LogP contribution in [0, 0.1) is 0 Å². The number of thioether (sulfide) groups is 1. The van der Waals surface area contributed by atoms with Crippen LogP contribution < -0.4 is 10.9 Å². The van der Waals surface area contributed by atoms with E-state index in [1.165, 1.54) is 27.5 Å². The van der Waals surface area contributed by atoms with E-state index in [9.17, 15) is 14.7 Å². The number of aromatic nitrogens is 2. The molecule has 0 aliphatic carbocycles. The molecule has 0 spiro atoms. The first kappa shape index (κ1) is 16.0. The Morgan fingerprint density at radius 2 is 2.29 bits per heavy atom. The minimum atomic E-state index is -0.800. The second kappa shape index (κ2) is 6.17. The Labute approximate surface area is 130 Å². The summed E-state index contributed by atoms with van der Waals surface area (Å²) in [4.78, 5) is 29.9. The van der Waals surface area contributed by atoms with E-state index in [-0.39, 0.29) is 17.7 Å². The summed E-state index contributed by atoms with van der Waals surface area (Å²) in [6, 6.07) is 0. The monoisotopic (exact) mass is 327 g/mol. The maximum absolute atomic E-state index is 12.5. The van der Waals surface area contributed by atoms with Crippen molar-refractivity contribution in [3.63, 3.8) is 0 Å². The SMILES string of the molecule is CCSc1nc2sccn2c(=O)c1C(=O)NC(C)(C)CO. The van der Waals surface area contributed by atoms with Gasteiger partial charge in [-0.3, -0.25) is 14.0 Å². The third-order valence-electron chi connectivity index (χ3n) is 2.79. The highest BCUT2D eigenvalue weighted by molar-refractivity contribution is 7.99. The number of nitrogens with one attached hydrogen (secondary N) is 1. The number of fused-ring (bicyclic) bond motifs is 1. The first-order valence-corrected chi connectivity index (χ1v) is 8.32. The standard InChI is InChI=1S/C13H17N3O3S2/c1-4-20-10-8(9(18)15-13(2,3)7-17)11(19)16-5-6-21-12(16)14-10/h5-6,17H,4,7H2,1-3H3,(H,15,18). The van der Waals surface area contributed by atoms with Crippen molar-refractivity contribution < 1.29 is 9.90 Å². The lowest BCUT2D eigenvalue weighted by Crippen LogP contribution is -2.48. The average molecular weight is 327 g/mol. The molecule has 0 saturated carbocycles. The molecule has 2 aromatic heterocycles. The number of amides is 1. The molecule has 1 amide bonds. The lowest BCUT2D eigenvalue weighted by Gasteiger charge is -2.23. The minimum absolute atomic E-state index is 0.0271. The predicted molar refractivity (Wildman–Crippen MR) is 84.4 cm³/mol. The van der Waals surface area contributed by atoms with Gasteiger partial charge < -0.3 is 10.4 Å². The van der Waals surface area contributed by atoms with Gasteiger partial charge in [-0.25, -0.2) is 4.98 Å². The van der Waals surface area contributed by atoms with Crippen LogP contribution >= 0.6 is 23.1 Å². The molecular weight excluding hydrogens is 310 g/mol. The molecule has 0 bridgehead atoms. The zero-order valence-electron chi connectivity index (χ0n) is 12.0. The lowest BCUT2D eigenvalue weighted by atomic mass is 10.1.